The Labute approximate surface area is 153 Å². The molecule has 136 valence electrons. The van der Waals surface area contributed by atoms with Crippen LogP contribution in [0.4, 0.5) is 4.79 Å². The van der Waals surface area contributed by atoms with Gasteiger partial charge in [0.25, 0.3) is 5.91 Å². The van der Waals surface area contributed by atoms with Gasteiger partial charge in [0.05, 0.1) is 20.6 Å². The number of esters is 1. The lowest BCUT2D eigenvalue weighted by atomic mass is 10.1. The Kier molecular flexibility index (Phi) is 6.24. The second-order valence-electron chi connectivity index (χ2n) is 5.33. The molecule has 0 saturated carbocycles. The summed E-state index contributed by atoms with van der Waals surface area (Å²) in [5.41, 5.74) is 0.626. The number of nitrogens with one attached hydrogen (secondary N) is 1. The molecule has 8 nitrogen and oxygen atoms in total. The summed E-state index contributed by atoms with van der Waals surface area (Å²) in [5, 5.41) is 2.52. The van der Waals surface area contributed by atoms with E-state index in [1.807, 2.05) is 0 Å². The molecule has 1 saturated heterocycles. The van der Waals surface area contributed by atoms with Crippen molar-refractivity contribution in [3.05, 3.63) is 22.2 Å². The minimum atomic E-state index is -1.05. The van der Waals surface area contributed by atoms with Gasteiger partial charge >= 0.3 is 12.0 Å². The predicted octanol–water partition coefficient (Wildman–Crippen LogP) is 1.49. The molecule has 25 heavy (non-hydrogen) atoms. The molecule has 1 aromatic carbocycles. The van der Waals surface area contributed by atoms with Crippen molar-refractivity contribution in [2.45, 2.75) is 19.4 Å². The number of carbonyl (C=O) groups excluding carboxylic acids is 3. The monoisotopic (exact) mass is 414 g/mol. The quantitative estimate of drug-likeness (QED) is 0.708. The van der Waals surface area contributed by atoms with Gasteiger partial charge in [-0.15, -0.1) is 0 Å². The second-order valence-corrected chi connectivity index (χ2v) is 6.18. The molecule has 1 N–H and O–H groups in total. The molecule has 1 aromatic rings. The van der Waals surface area contributed by atoms with E-state index in [2.05, 4.69) is 21.2 Å². The Morgan fingerprint density at radius 2 is 1.92 bits per heavy atom. The van der Waals surface area contributed by atoms with E-state index in [9.17, 15) is 14.4 Å². The van der Waals surface area contributed by atoms with Gasteiger partial charge in [-0.3, -0.25) is 14.5 Å². The van der Waals surface area contributed by atoms with Crippen molar-refractivity contribution >= 4 is 33.8 Å². The topological polar surface area (TPSA) is 94.2 Å². The highest BCUT2D eigenvalue weighted by Gasteiger charge is 2.31. The van der Waals surface area contributed by atoms with Crippen LogP contribution in [0.3, 0.4) is 0 Å². The summed E-state index contributed by atoms with van der Waals surface area (Å²) in [6.07, 6.45) is -1.11. The maximum absolute atomic E-state index is 12.1. The van der Waals surface area contributed by atoms with E-state index in [1.165, 1.54) is 21.1 Å². The Bertz CT molecular complexity index is 693. The van der Waals surface area contributed by atoms with Crippen molar-refractivity contribution < 1.29 is 28.6 Å². The van der Waals surface area contributed by atoms with Gasteiger partial charge in [0.15, 0.2) is 17.6 Å². The smallest absolute Gasteiger partial charge is 0.324 e. The lowest BCUT2D eigenvalue weighted by Gasteiger charge is -2.18. The van der Waals surface area contributed by atoms with Gasteiger partial charge in [0, 0.05) is 17.6 Å². The van der Waals surface area contributed by atoms with Crippen molar-refractivity contribution in [2.75, 3.05) is 27.3 Å². The van der Waals surface area contributed by atoms with E-state index in [4.69, 9.17) is 14.2 Å². The summed E-state index contributed by atoms with van der Waals surface area (Å²) in [5.74, 6) is -0.135. The van der Waals surface area contributed by atoms with Crippen molar-refractivity contribution in [2.24, 2.45) is 0 Å². The zero-order valence-corrected chi connectivity index (χ0v) is 15.7. The van der Waals surface area contributed by atoms with Crippen molar-refractivity contribution in [1.29, 1.82) is 0 Å². The van der Waals surface area contributed by atoms with Crippen LogP contribution < -0.4 is 14.8 Å². The summed E-state index contributed by atoms with van der Waals surface area (Å²) in [6, 6.07) is 2.87. The maximum atomic E-state index is 12.1. The number of benzene rings is 1. The number of hydrogen-bond acceptors (Lipinski definition) is 6. The van der Waals surface area contributed by atoms with Gasteiger partial charge in [-0.2, -0.15) is 0 Å². The highest BCUT2D eigenvalue weighted by molar-refractivity contribution is 9.10. The molecule has 1 fully saturated rings. The van der Waals surface area contributed by atoms with Gasteiger partial charge in [-0.1, -0.05) is 15.9 Å². The molecule has 3 amide bonds. The van der Waals surface area contributed by atoms with Crippen LogP contribution >= 0.6 is 15.9 Å². The number of amides is 3. The fourth-order valence-corrected chi connectivity index (χ4v) is 2.84. The number of nitrogens with zero attached hydrogens (tertiary/aromatic N) is 1. The zero-order chi connectivity index (χ0) is 18.6. The second kappa shape index (κ2) is 8.19. The molecule has 1 aliphatic rings. The molecule has 0 bridgehead atoms. The number of imide groups is 1. The van der Waals surface area contributed by atoms with Crippen molar-refractivity contribution in [1.82, 2.24) is 10.2 Å². The first-order valence-electron chi connectivity index (χ1n) is 7.56. The van der Waals surface area contributed by atoms with E-state index in [0.717, 1.165) is 4.90 Å². The van der Waals surface area contributed by atoms with Crippen molar-refractivity contribution in [3.63, 3.8) is 0 Å². The van der Waals surface area contributed by atoms with E-state index in [0.29, 0.717) is 28.1 Å². The van der Waals surface area contributed by atoms with Gasteiger partial charge < -0.3 is 19.5 Å². The number of carbonyl (C=O) groups is 3. The summed E-state index contributed by atoms with van der Waals surface area (Å²) in [7, 11) is 3.01. The number of ether oxygens (including phenoxy) is 3. The predicted molar refractivity (Wildman–Crippen MR) is 91.6 cm³/mol. The lowest BCUT2D eigenvalue weighted by molar-refractivity contribution is -0.156. The highest BCUT2D eigenvalue weighted by Crippen LogP contribution is 2.33. The van der Waals surface area contributed by atoms with Gasteiger partial charge in [0.1, 0.15) is 0 Å². The minimum Gasteiger partial charge on any atom is -0.493 e. The number of methoxy groups -OCH3 is 2. The lowest BCUT2D eigenvalue weighted by Crippen LogP contribution is -2.42. The average molecular weight is 415 g/mol. The number of hydrogen-bond donors (Lipinski definition) is 1. The van der Waals surface area contributed by atoms with Crippen LogP contribution in [0, 0.1) is 0 Å². The molecular formula is C16H19BrN2O6. The molecule has 0 radical (unpaired) electrons. The molecule has 1 atom stereocenters. The van der Waals surface area contributed by atoms with Gasteiger partial charge in [0.2, 0.25) is 0 Å². The SMILES string of the molecule is COc1cc(Br)c(CC(=O)O[C@H](C)C(=O)N2CCNC2=O)cc1OC. The van der Waals surface area contributed by atoms with Gasteiger partial charge in [-0.25, -0.2) is 4.79 Å². The fourth-order valence-electron chi connectivity index (χ4n) is 2.38. The Morgan fingerprint density at radius 1 is 1.28 bits per heavy atom. The molecule has 0 aliphatic carbocycles. The molecule has 1 heterocycles. The Morgan fingerprint density at radius 3 is 2.48 bits per heavy atom. The molecule has 1 aliphatic heterocycles. The fraction of sp³-hybridized carbons (Fsp3) is 0.438. The van der Waals surface area contributed by atoms with Crippen molar-refractivity contribution in [3.8, 4) is 11.5 Å². The highest BCUT2D eigenvalue weighted by atomic mass is 79.9. The molecule has 0 unspecified atom stereocenters. The first-order valence-corrected chi connectivity index (χ1v) is 8.35. The largest absolute Gasteiger partial charge is 0.493 e. The van der Waals surface area contributed by atoms with Crippen LogP contribution in [-0.2, 0) is 20.7 Å². The first kappa shape index (κ1) is 19.0. The molecule has 0 aromatic heterocycles. The maximum Gasteiger partial charge on any atom is 0.324 e. The summed E-state index contributed by atoms with van der Waals surface area (Å²) in [6.45, 7) is 2.10. The van der Waals surface area contributed by atoms with E-state index in [-0.39, 0.29) is 13.0 Å². The van der Waals surface area contributed by atoms with Crippen LogP contribution in [0.15, 0.2) is 16.6 Å². The minimum absolute atomic E-state index is 0.0647. The first-order chi connectivity index (χ1) is 11.9. The summed E-state index contributed by atoms with van der Waals surface area (Å²) < 4.78 is 16.2. The van der Waals surface area contributed by atoms with E-state index >= 15 is 0 Å². The van der Waals surface area contributed by atoms with Crippen LogP contribution in [0.5, 0.6) is 11.5 Å². The van der Waals surface area contributed by atoms with E-state index < -0.39 is 24.0 Å². The Balaban J connectivity index is 2.02. The molecule has 9 heteroatoms. The van der Waals surface area contributed by atoms with Crippen LogP contribution in [0.1, 0.15) is 12.5 Å². The normalized spacial score (nSPS) is 14.7. The van der Waals surface area contributed by atoms with Crippen LogP contribution in [0.25, 0.3) is 0 Å². The van der Waals surface area contributed by atoms with Crippen LogP contribution in [0.2, 0.25) is 0 Å². The van der Waals surface area contributed by atoms with Gasteiger partial charge in [-0.05, 0) is 24.6 Å². The van der Waals surface area contributed by atoms with E-state index in [1.54, 1.807) is 12.1 Å². The third-order valence-electron chi connectivity index (χ3n) is 3.67. The number of rotatable bonds is 6. The molecule has 2 rings (SSSR count). The number of halogens is 1. The third-order valence-corrected chi connectivity index (χ3v) is 4.40. The molecular weight excluding hydrogens is 396 g/mol. The zero-order valence-electron chi connectivity index (χ0n) is 14.1. The Hall–Kier alpha value is -2.29. The summed E-state index contributed by atoms with van der Waals surface area (Å²) in [4.78, 5) is 36.8. The third kappa shape index (κ3) is 4.41. The molecule has 0 spiro atoms. The summed E-state index contributed by atoms with van der Waals surface area (Å²) >= 11 is 3.37. The average Bonchev–Trinajstić information content (AvgIpc) is 3.01. The number of urea groups is 1. The standard InChI is InChI=1S/C16H19BrN2O6/c1-9(15(21)19-5-4-18-16(19)22)25-14(20)7-10-6-12(23-2)13(24-3)8-11(10)17/h6,8-9H,4-5,7H2,1-3H3,(H,18,22)/t9-/m1/s1. The van der Waals surface area contributed by atoms with Crippen LogP contribution in [-0.4, -0.2) is 56.2 Å².